The highest BCUT2D eigenvalue weighted by Gasteiger charge is 2.08. The van der Waals surface area contributed by atoms with E-state index in [0.29, 0.717) is 12.3 Å². The lowest BCUT2D eigenvalue weighted by Crippen LogP contribution is -2.24. The standard InChI is InChI=1S/C8H16N4O2S/c1-3-7(2)6-8(13)14-10-12-9-4-5-15-11-12/h4-5,7,9-11H,3,6H2,1-2H3. The van der Waals surface area contributed by atoms with Gasteiger partial charge < -0.3 is 4.84 Å². The summed E-state index contributed by atoms with van der Waals surface area (Å²) < 4.78 is 2.81. The topological polar surface area (TPSA) is 74.8 Å². The largest absolute Gasteiger partial charge is 0.334 e. The van der Waals surface area contributed by atoms with Crippen LogP contribution < -0.4 is 5.59 Å². The summed E-state index contributed by atoms with van der Waals surface area (Å²) in [5.74, 6) is 0.0725. The lowest BCUT2D eigenvalue weighted by Gasteiger charge is -2.10. The van der Waals surface area contributed by atoms with Gasteiger partial charge in [0.25, 0.3) is 0 Å². The molecule has 0 saturated heterocycles. The smallest absolute Gasteiger partial charge is 0.325 e. The SMILES string of the molecule is CCC(C)CC(=O)ONn1[nH]ccs[nH]1. The van der Waals surface area contributed by atoms with E-state index in [-0.39, 0.29) is 5.97 Å². The second-order valence-corrected chi connectivity index (χ2v) is 3.95. The van der Waals surface area contributed by atoms with Gasteiger partial charge in [-0.2, -0.15) is 0 Å². The normalized spacial score (nSPS) is 11.9. The maximum atomic E-state index is 11.3. The predicted molar refractivity (Wildman–Crippen MR) is 58.2 cm³/mol. The van der Waals surface area contributed by atoms with Crippen molar-refractivity contribution in [3.63, 3.8) is 0 Å². The minimum absolute atomic E-state index is 0.271. The summed E-state index contributed by atoms with van der Waals surface area (Å²) in [5, 5.41) is 4.59. The number of carbonyl (C=O) groups is 1. The first-order valence-corrected chi connectivity index (χ1v) is 5.68. The molecule has 86 valence electrons. The number of H-pyrrole nitrogens is 2. The Hall–Kier alpha value is -1.37. The van der Waals surface area contributed by atoms with E-state index in [2.05, 4.69) is 15.2 Å². The van der Waals surface area contributed by atoms with E-state index in [9.17, 15) is 4.79 Å². The zero-order valence-corrected chi connectivity index (χ0v) is 9.63. The summed E-state index contributed by atoms with van der Waals surface area (Å²) in [6.45, 7) is 4.05. The van der Waals surface area contributed by atoms with Gasteiger partial charge in [0.05, 0.1) is 6.42 Å². The molecule has 0 spiro atoms. The molecule has 0 fully saturated rings. The van der Waals surface area contributed by atoms with Gasteiger partial charge in [-0.1, -0.05) is 25.2 Å². The number of rotatable bonds is 5. The highest BCUT2D eigenvalue weighted by Crippen LogP contribution is 2.06. The van der Waals surface area contributed by atoms with Gasteiger partial charge in [0.1, 0.15) is 0 Å². The molecular formula is C8H16N4O2S. The molecule has 7 heteroatoms. The fourth-order valence-corrected chi connectivity index (χ4v) is 1.25. The molecule has 1 unspecified atom stereocenters. The summed E-state index contributed by atoms with van der Waals surface area (Å²) in [4.78, 5) is 17.4. The monoisotopic (exact) mass is 232 g/mol. The van der Waals surface area contributed by atoms with Gasteiger partial charge in [0.2, 0.25) is 0 Å². The molecule has 3 N–H and O–H groups in total. The van der Waals surface area contributed by atoms with Crippen LogP contribution in [0.4, 0.5) is 0 Å². The van der Waals surface area contributed by atoms with Gasteiger partial charge >= 0.3 is 5.97 Å². The fraction of sp³-hybridized carbons (Fsp3) is 0.625. The molecule has 1 heterocycles. The van der Waals surface area contributed by atoms with Crippen LogP contribution in [0.5, 0.6) is 0 Å². The molecule has 0 amide bonds. The van der Waals surface area contributed by atoms with Crippen molar-refractivity contribution in [2.75, 3.05) is 5.59 Å². The van der Waals surface area contributed by atoms with Gasteiger partial charge in [-0.25, -0.2) is 9.28 Å². The maximum absolute atomic E-state index is 11.3. The minimum atomic E-state index is -0.271. The number of nitrogens with zero attached hydrogens (tertiary/aromatic N) is 1. The first kappa shape index (κ1) is 11.7. The molecule has 15 heavy (non-hydrogen) atoms. The molecule has 1 aromatic rings. The van der Waals surface area contributed by atoms with Crippen molar-refractivity contribution in [1.82, 2.24) is 14.5 Å². The van der Waals surface area contributed by atoms with E-state index in [0.717, 1.165) is 6.42 Å². The maximum Gasteiger partial charge on any atom is 0.334 e. The Morgan fingerprint density at radius 1 is 1.73 bits per heavy atom. The van der Waals surface area contributed by atoms with Gasteiger partial charge in [-0.05, 0) is 17.5 Å². The average molecular weight is 232 g/mol. The fourth-order valence-electron chi connectivity index (χ4n) is 0.861. The molecule has 0 aromatic carbocycles. The Morgan fingerprint density at radius 3 is 3.13 bits per heavy atom. The molecule has 1 aromatic heterocycles. The lowest BCUT2D eigenvalue weighted by atomic mass is 10.1. The third-order valence-corrected chi connectivity index (χ3v) is 2.51. The van der Waals surface area contributed by atoms with Crippen molar-refractivity contribution in [2.24, 2.45) is 5.92 Å². The molecule has 1 rings (SSSR count). The molecule has 0 saturated carbocycles. The van der Waals surface area contributed by atoms with Crippen molar-refractivity contribution in [3.8, 4) is 0 Å². The molecule has 0 aliphatic carbocycles. The highest BCUT2D eigenvalue weighted by molar-refractivity contribution is 7.03. The van der Waals surface area contributed by atoms with Crippen molar-refractivity contribution < 1.29 is 9.63 Å². The van der Waals surface area contributed by atoms with Crippen LogP contribution in [0.25, 0.3) is 0 Å². The van der Waals surface area contributed by atoms with Crippen LogP contribution in [0, 0.1) is 5.92 Å². The van der Waals surface area contributed by atoms with Crippen molar-refractivity contribution in [3.05, 3.63) is 11.6 Å². The summed E-state index contributed by atoms with van der Waals surface area (Å²) in [7, 11) is 0. The van der Waals surface area contributed by atoms with Crippen molar-refractivity contribution in [1.29, 1.82) is 0 Å². The van der Waals surface area contributed by atoms with E-state index in [1.54, 1.807) is 6.20 Å². The first-order valence-electron chi connectivity index (χ1n) is 4.80. The number of nitrogens with one attached hydrogen (secondary N) is 3. The molecule has 0 aliphatic rings. The van der Waals surface area contributed by atoms with Gasteiger partial charge in [0.15, 0.2) is 0 Å². The number of hydrogen-bond acceptors (Lipinski definition) is 4. The van der Waals surface area contributed by atoms with Crippen LogP contribution in [-0.4, -0.2) is 20.5 Å². The zero-order chi connectivity index (χ0) is 11.1. The Morgan fingerprint density at radius 2 is 2.53 bits per heavy atom. The number of hydrogen-bond donors (Lipinski definition) is 3. The predicted octanol–water partition coefficient (Wildman–Crippen LogP) is 1.77. The minimum Gasteiger partial charge on any atom is -0.325 e. The number of aromatic amines is 2. The third kappa shape index (κ3) is 4.59. The van der Waals surface area contributed by atoms with E-state index in [1.165, 1.54) is 16.4 Å². The Balaban J connectivity index is 2.29. The third-order valence-electron chi connectivity index (χ3n) is 1.95. The van der Waals surface area contributed by atoms with E-state index < -0.39 is 0 Å². The summed E-state index contributed by atoms with van der Waals surface area (Å²) in [6.07, 6.45) is 3.09. The summed E-state index contributed by atoms with van der Waals surface area (Å²) in [5.41, 5.74) is 2.44. The average Bonchev–Trinajstić information content (AvgIpc) is 2.27. The van der Waals surface area contributed by atoms with Crippen LogP contribution >= 0.6 is 11.5 Å². The van der Waals surface area contributed by atoms with Crippen LogP contribution in [0.3, 0.4) is 0 Å². The Kier molecular flexibility index (Phi) is 4.82. The van der Waals surface area contributed by atoms with Crippen LogP contribution in [0.2, 0.25) is 0 Å². The van der Waals surface area contributed by atoms with Crippen LogP contribution in [0.1, 0.15) is 26.7 Å². The van der Waals surface area contributed by atoms with Gasteiger partial charge in [-0.15, -0.1) is 5.59 Å². The Labute approximate surface area is 92.0 Å². The second kappa shape index (κ2) is 6.18. The molecule has 1 atom stereocenters. The number of carbonyl (C=O) groups excluding carboxylic acids is 1. The lowest BCUT2D eigenvalue weighted by molar-refractivity contribution is -0.143. The van der Waals surface area contributed by atoms with E-state index in [4.69, 9.17) is 4.84 Å². The van der Waals surface area contributed by atoms with Crippen molar-refractivity contribution >= 4 is 17.5 Å². The molecule has 6 nitrogen and oxygen atoms in total. The summed E-state index contributed by atoms with van der Waals surface area (Å²) in [6, 6.07) is 0. The first-order chi connectivity index (χ1) is 7.22. The second-order valence-electron chi connectivity index (χ2n) is 3.26. The number of aromatic nitrogens is 3. The summed E-state index contributed by atoms with van der Waals surface area (Å²) >= 11 is 1.35. The molecule has 0 bridgehead atoms. The van der Waals surface area contributed by atoms with Crippen LogP contribution in [0.15, 0.2) is 11.6 Å². The van der Waals surface area contributed by atoms with Gasteiger partial charge in [0, 0.05) is 11.6 Å². The van der Waals surface area contributed by atoms with Crippen molar-refractivity contribution in [2.45, 2.75) is 26.7 Å². The zero-order valence-electron chi connectivity index (χ0n) is 8.82. The molecular weight excluding hydrogens is 216 g/mol. The van der Waals surface area contributed by atoms with E-state index in [1.807, 2.05) is 19.2 Å². The Bertz CT molecular complexity index is 309. The van der Waals surface area contributed by atoms with E-state index >= 15 is 0 Å². The molecule has 0 radical (unpaired) electrons. The van der Waals surface area contributed by atoms with Gasteiger partial charge in [-0.3, -0.25) is 5.10 Å². The quantitative estimate of drug-likeness (QED) is 0.677. The van der Waals surface area contributed by atoms with Crippen LogP contribution in [-0.2, 0) is 9.63 Å². The molecule has 0 aliphatic heterocycles. The highest BCUT2D eigenvalue weighted by atomic mass is 32.1.